The van der Waals surface area contributed by atoms with Crippen LogP contribution in [0.25, 0.3) is 10.9 Å². The number of ether oxygens (including phenoxy) is 3. The molecular weight excluding hydrogens is 513 g/mol. The van der Waals surface area contributed by atoms with Gasteiger partial charge >= 0.3 is 0 Å². The Morgan fingerprint density at radius 2 is 1.89 bits per heavy atom. The number of aliphatic hydroxyl groups is 1. The van der Waals surface area contributed by atoms with E-state index in [9.17, 15) is 17.6 Å². The molecule has 1 atom stereocenters. The Hall–Kier alpha value is -3.25. The number of rotatable bonds is 11. The molecule has 0 radical (unpaired) electrons. The maximum absolute atomic E-state index is 15.0. The molecule has 38 heavy (non-hydrogen) atoms. The minimum atomic E-state index is -3.73. The van der Waals surface area contributed by atoms with Crippen LogP contribution in [0.1, 0.15) is 42.8 Å². The zero-order valence-electron chi connectivity index (χ0n) is 21.0. The van der Waals surface area contributed by atoms with E-state index in [0.29, 0.717) is 34.0 Å². The van der Waals surface area contributed by atoms with Gasteiger partial charge in [0.1, 0.15) is 30.7 Å². The normalized spacial score (nSPS) is 16.2. The van der Waals surface area contributed by atoms with Crippen LogP contribution in [0.2, 0.25) is 0 Å². The maximum Gasteiger partial charge on any atom is 0.298 e. The minimum absolute atomic E-state index is 0.0382. The lowest BCUT2D eigenvalue weighted by Gasteiger charge is -2.34. The van der Waals surface area contributed by atoms with Crippen molar-refractivity contribution in [1.82, 2.24) is 9.97 Å². The number of aromatic nitrogens is 2. The second-order valence-corrected chi connectivity index (χ2v) is 9.18. The highest BCUT2D eigenvalue weighted by Crippen LogP contribution is 2.40. The molecule has 1 heterocycles. The van der Waals surface area contributed by atoms with E-state index in [1.54, 1.807) is 26.0 Å². The van der Waals surface area contributed by atoms with E-state index in [4.69, 9.17) is 19.3 Å². The van der Waals surface area contributed by atoms with Gasteiger partial charge in [-0.1, -0.05) is 12.1 Å². The van der Waals surface area contributed by atoms with Crippen LogP contribution in [0.3, 0.4) is 0 Å². The number of methoxy groups -OCH3 is 1. The lowest BCUT2D eigenvalue weighted by molar-refractivity contribution is -0.167. The first-order valence-corrected chi connectivity index (χ1v) is 12.0. The van der Waals surface area contributed by atoms with E-state index >= 15 is 4.39 Å². The molecule has 7 nitrogen and oxygen atoms in total. The number of nitrogens with zero attached hydrogens (tertiary/aromatic N) is 2. The van der Waals surface area contributed by atoms with Gasteiger partial charge in [0.2, 0.25) is 0 Å². The van der Waals surface area contributed by atoms with E-state index in [2.05, 4.69) is 15.3 Å². The van der Waals surface area contributed by atoms with Crippen LogP contribution in [0.15, 0.2) is 30.3 Å². The summed E-state index contributed by atoms with van der Waals surface area (Å²) in [6.07, 6.45) is -1.12. The fourth-order valence-corrected chi connectivity index (χ4v) is 4.26. The minimum Gasteiger partial charge on any atom is -0.493 e. The third kappa shape index (κ3) is 5.91. The number of anilines is 1. The molecule has 1 aliphatic rings. The molecule has 0 spiro atoms. The van der Waals surface area contributed by atoms with Crippen LogP contribution >= 0.6 is 0 Å². The van der Waals surface area contributed by atoms with Crippen molar-refractivity contribution in [3.8, 4) is 11.5 Å². The molecule has 3 aromatic rings. The fraction of sp³-hybridized carbons (Fsp3) is 0.462. The number of hydrogen-bond donors (Lipinski definition) is 2. The summed E-state index contributed by atoms with van der Waals surface area (Å²) in [6.45, 7) is 1.91. The second-order valence-electron chi connectivity index (χ2n) is 9.18. The summed E-state index contributed by atoms with van der Waals surface area (Å²) < 4.78 is 85.6. The van der Waals surface area contributed by atoms with Crippen LogP contribution in [0, 0.1) is 12.7 Å². The van der Waals surface area contributed by atoms with E-state index in [1.807, 2.05) is 0 Å². The predicted octanol–water partition coefficient (Wildman–Crippen LogP) is 5.54. The molecule has 0 saturated heterocycles. The van der Waals surface area contributed by atoms with Crippen LogP contribution in [0.5, 0.6) is 11.5 Å². The van der Waals surface area contributed by atoms with Crippen molar-refractivity contribution < 1.29 is 41.3 Å². The first-order valence-electron chi connectivity index (χ1n) is 12.0. The number of alkyl halides is 4. The third-order valence-electron chi connectivity index (χ3n) is 6.28. The number of aryl methyl sites for hydroxylation is 1. The predicted molar refractivity (Wildman–Crippen MR) is 130 cm³/mol. The summed E-state index contributed by atoms with van der Waals surface area (Å²) in [6, 6.07) is 6.06. The zero-order valence-corrected chi connectivity index (χ0v) is 21.0. The van der Waals surface area contributed by atoms with Crippen molar-refractivity contribution in [1.29, 1.82) is 0 Å². The van der Waals surface area contributed by atoms with Gasteiger partial charge in [-0.2, -0.15) is 8.78 Å². The molecule has 1 saturated carbocycles. The van der Waals surface area contributed by atoms with Crippen LogP contribution in [0.4, 0.5) is 27.8 Å². The van der Waals surface area contributed by atoms with Crippen LogP contribution < -0.4 is 14.8 Å². The van der Waals surface area contributed by atoms with Gasteiger partial charge in [0.05, 0.1) is 36.9 Å². The number of halogens is 5. The van der Waals surface area contributed by atoms with E-state index in [0.717, 1.165) is 6.07 Å². The van der Waals surface area contributed by atoms with Gasteiger partial charge in [0, 0.05) is 29.9 Å². The highest BCUT2D eigenvalue weighted by molar-refractivity contribution is 5.92. The van der Waals surface area contributed by atoms with Gasteiger partial charge in [-0.15, -0.1) is 0 Å². The second kappa shape index (κ2) is 10.9. The van der Waals surface area contributed by atoms with Gasteiger partial charge in [0.25, 0.3) is 11.8 Å². The average molecular weight is 542 g/mol. The number of benzene rings is 2. The lowest BCUT2D eigenvalue weighted by atomic mass is 9.91. The average Bonchev–Trinajstić information content (AvgIpc) is 2.84. The Morgan fingerprint density at radius 1 is 1.16 bits per heavy atom. The Bertz CT molecular complexity index is 1300. The first-order chi connectivity index (χ1) is 17.9. The van der Waals surface area contributed by atoms with E-state index < -0.39 is 42.0 Å². The van der Waals surface area contributed by atoms with Gasteiger partial charge in [-0.05, 0) is 26.0 Å². The van der Waals surface area contributed by atoms with Crippen molar-refractivity contribution in [2.24, 2.45) is 0 Å². The smallest absolute Gasteiger partial charge is 0.298 e. The highest BCUT2D eigenvalue weighted by atomic mass is 19.3. The summed E-state index contributed by atoms with van der Waals surface area (Å²) >= 11 is 0. The quantitative estimate of drug-likeness (QED) is 0.244. The van der Waals surface area contributed by atoms with Gasteiger partial charge in [-0.3, -0.25) is 0 Å². The van der Waals surface area contributed by atoms with Crippen molar-refractivity contribution >= 4 is 16.7 Å². The molecule has 1 fully saturated rings. The number of hydrogen-bond acceptors (Lipinski definition) is 7. The fourth-order valence-electron chi connectivity index (χ4n) is 4.26. The molecule has 206 valence electrons. The molecule has 2 aromatic carbocycles. The van der Waals surface area contributed by atoms with Crippen molar-refractivity contribution in [2.45, 2.75) is 50.7 Å². The summed E-state index contributed by atoms with van der Waals surface area (Å²) in [4.78, 5) is 8.82. The number of nitrogens with one attached hydrogen (secondary N) is 1. The molecule has 0 aliphatic heterocycles. The van der Waals surface area contributed by atoms with E-state index in [1.165, 1.54) is 19.2 Å². The van der Waals surface area contributed by atoms with E-state index in [-0.39, 0.29) is 31.6 Å². The molecule has 4 rings (SSSR count). The van der Waals surface area contributed by atoms with Crippen molar-refractivity contribution in [3.05, 3.63) is 53.1 Å². The highest BCUT2D eigenvalue weighted by Gasteiger charge is 2.46. The first kappa shape index (κ1) is 27.8. The summed E-state index contributed by atoms with van der Waals surface area (Å²) in [5.41, 5.74) is -0.447. The molecule has 0 unspecified atom stereocenters. The summed E-state index contributed by atoms with van der Waals surface area (Å²) in [7, 11) is 1.45. The topological polar surface area (TPSA) is 85.7 Å². The molecule has 0 bridgehead atoms. The monoisotopic (exact) mass is 541 g/mol. The molecular formula is C26H28F5N3O4. The Balaban J connectivity index is 1.57. The molecule has 0 amide bonds. The Kier molecular flexibility index (Phi) is 7.93. The molecule has 1 aromatic heterocycles. The Labute approximate surface area is 215 Å². The number of aliphatic hydroxyl groups excluding tert-OH is 1. The number of fused-ring (bicyclic) bond motifs is 1. The van der Waals surface area contributed by atoms with Gasteiger partial charge in [-0.25, -0.2) is 23.1 Å². The third-order valence-corrected chi connectivity index (χ3v) is 6.28. The summed E-state index contributed by atoms with van der Waals surface area (Å²) in [5, 5.41) is 12.5. The van der Waals surface area contributed by atoms with Gasteiger partial charge < -0.3 is 24.6 Å². The van der Waals surface area contributed by atoms with Crippen LogP contribution in [-0.2, 0) is 10.7 Å². The van der Waals surface area contributed by atoms with Gasteiger partial charge in [0.15, 0.2) is 11.5 Å². The molecule has 2 N–H and O–H groups in total. The van der Waals surface area contributed by atoms with Crippen LogP contribution in [-0.4, -0.2) is 54.0 Å². The largest absolute Gasteiger partial charge is 0.493 e. The Morgan fingerprint density at radius 3 is 2.55 bits per heavy atom. The SMILES string of the molecule is COc1cc2nc(C)nc(N[C@H](C)c3cccc(C(F)(F)CO)c3F)c2cc1OCCOC1CC(F)(F)C1. The molecule has 12 heteroatoms. The van der Waals surface area contributed by atoms with Crippen molar-refractivity contribution in [2.75, 3.05) is 32.2 Å². The van der Waals surface area contributed by atoms with Crippen molar-refractivity contribution in [3.63, 3.8) is 0 Å². The maximum atomic E-state index is 15.0. The lowest BCUT2D eigenvalue weighted by Crippen LogP contribution is -2.41. The summed E-state index contributed by atoms with van der Waals surface area (Å²) in [5.74, 6) is -6.14. The standard InChI is InChI=1S/C26H28F5N3O4/c1-14(17-5-4-6-19(23(17)27)26(30,31)13-35)32-24-18-9-22(21(36-3)10-20(18)33-15(2)34-24)38-8-7-37-16-11-25(28,29)12-16/h4-6,9-10,14,16,35H,7-8,11-13H2,1-3H3,(H,32,33,34)/t14-/m1/s1. The molecule has 1 aliphatic carbocycles. The zero-order chi connectivity index (χ0) is 27.7.